The molecular formula is C24H19ClN2O4S. The summed E-state index contributed by atoms with van der Waals surface area (Å²) < 4.78 is 10.9. The van der Waals surface area contributed by atoms with Crippen LogP contribution in [0.25, 0.3) is 17.4 Å². The molecular weight excluding hydrogens is 448 g/mol. The molecule has 1 saturated heterocycles. The first-order valence-corrected chi connectivity index (χ1v) is 11.1. The summed E-state index contributed by atoms with van der Waals surface area (Å²) in [7, 11) is 0. The molecule has 2 aromatic carbocycles. The Morgan fingerprint density at radius 2 is 1.97 bits per heavy atom. The third-order valence-corrected chi connectivity index (χ3v) is 6.01. The van der Waals surface area contributed by atoms with E-state index in [9.17, 15) is 9.59 Å². The number of ether oxygens (including phenoxy) is 1. The monoisotopic (exact) mass is 466 g/mol. The number of hydrogen-bond acceptors (Lipinski definition) is 6. The number of furan rings is 1. The summed E-state index contributed by atoms with van der Waals surface area (Å²) in [6, 6.07) is 16.0. The van der Waals surface area contributed by atoms with Crippen molar-refractivity contribution in [3.8, 4) is 11.3 Å². The lowest BCUT2D eigenvalue weighted by Gasteiger charge is -2.02. The Morgan fingerprint density at radius 3 is 2.72 bits per heavy atom. The molecule has 1 aliphatic heterocycles. The fourth-order valence-electron chi connectivity index (χ4n) is 3.01. The summed E-state index contributed by atoms with van der Waals surface area (Å²) in [5.41, 5.74) is 2.84. The van der Waals surface area contributed by atoms with Crippen molar-refractivity contribution in [1.82, 2.24) is 5.32 Å². The van der Waals surface area contributed by atoms with Crippen molar-refractivity contribution < 1.29 is 18.7 Å². The number of amidine groups is 1. The van der Waals surface area contributed by atoms with E-state index in [1.807, 2.05) is 25.1 Å². The fourth-order valence-corrected chi connectivity index (χ4v) is 3.99. The summed E-state index contributed by atoms with van der Waals surface area (Å²) in [5, 5.41) is 3.86. The van der Waals surface area contributed by atoms with Crippen molar-refractivity contribution in [3.63, 3.8) is 0 Å². The van der Waals surface area contributed by atoms with E-state index in [0.717, 1.165) is 11.1 Å². The van der Waals surface area contributed by atoms with E-state index < -0.39 is 0 Å². The molecule has 32 heavy (non-hydrogen) atoms. The summed E-state index contributed by atoms with van der Waals surface area (Å²) >= 11 is 7.38. The molecule has 0 radical (unpaired) electrons. The number of amides is 1. The van der Waals surface area contributed by atoms with Gasteiger partial charge in [-0.3, -0.25) is 4.79 Å². The van der Waals surface area contributed by atoms with Crippen molar-refractivity contribution in [3.05, 3.63) is 81.4 Å². The van der Waals surface area contributed by atoms with Crippen molar-refractivity contribution in [2.45, 2.75) is 13.8 Å². The highest BCUT2D eigenvalue weighted by Gasteiger charge is 2.24. The topological polar surface area (TPSA) is 80.9 Å². The lowest BCUT2D eigenvalue weighted by molar-refractivity contribution is -0.115. The first-order valence-electron chi connectivity index (χ1n) is 9.86. The highest BCUT2D eigenvalue weighted by Crippen LogP contribution is 2.32. The fraction of sp³-hybridized carbons (Fsp3) is 0.125. The molecule has 8 heteroatoms. The third-order valence-electron chi connectivity index (χ3n) is 4.69. The molecule has 2 heterocycles. The lowest BCUT2D eigenvalue weighted by atomic mass is 10.1. The molecule has 0 spiro atoms. The van der Waals surface area contributed by atoms with Gasteiger partial charge >= 0.3 is 5.97 Å². The van der Waals surface area contributed by atoms with Crippen LogP contribution in [0.2, 0.25) is 5.02 Å². The second kappa shape index (κ2) is 9.46. The molecule has 0 atom stereocenters. The van der Waals surface area contributed by atoms with Crippen LogP contribution in [0, 0.1) is 6.92 Å². The van der Waals surface area contributed by atoms with Crippen molar-refractivity contribution >= 4 is 52.2 Å². The van der Waals surface area contributed by atoms with Crippen LogP contribution in [-0.4, -0.2) is 23.7 Å². The highest BCUT2D eigenvalue weighted by molar-refractivity contribution is 8.18. The maximum Gasteiger partial charge on any atom is 0.338 e. The second-order valence-electron chi connectivity index (χ2n) is 6.87. The lowest BCUT2D eigenvalue weighted by Crippen LogP contribution is -2.19. The van der Waals surface area contributed by atoms with E-state index in [1.165, 1.54) is 11.8 Å². The van der Waals surface area contributed by atoms with Crippen LogP contribution in [0.4, 0.5) is 5.69 Å². The minimum atomic E-state index is -0.362. The maximum atomic E-state index is 12.4. The Balaban J connectivity index is 1.50. The molecule has 1 aromatic heterocycles. The standard InChI is InChI=1S/C24H19ClN2O4S/c1-3-30-23(29)16-9-7-15(8-10-16)20-12-11-17(31-20)13-21-22(28)27-24(32-21)26-19-6-4-5-18(25)14(19)2/h4-13H,3H2,1-2H3,(H,26,27,28)/b21-13+. The number of carbonyl (C=O) groups is 2. The zero-order chi connectivity index (χ0) is 22.7. The van der Waals surface area contributed by atoms with Gasteiger partial charge in [-0.25, -0.2) is 9.79 Å². The molecule has 0 unspecified atom stereocenters. The molecule has 162 valence electrons. The zero-order valence-electron chi connectivity index (χ0n) is 17.3. The van der Waals surface area contributed by atoms with Gasteiger partial charge in [0.15, 0.2) is 5.17 Å². The van der Waals surface area contributed by atoms with Gasteiger partial charge in [0.05, 0.1) is 22.8 Å². The Hall–Kier alpha value is -3.29. The largest absolute Gasteiger partial charge is 0.462 e. The molecule has 1 fully saturated rings. The predicted molar refractivity (Wildman–Crippen MR) is 127 cm³/mol. The van der Waals surface area contributed by atoms with Gasteiger partial charge < -0.3 is 14.5 Å². The normalized spacial score (nSPS) is 15.9. The van der Waals surface area contributed by atoms with Crippen LogP contribution < -0.4 is 5.32 Å². The predicted octanol–water partition coefficient (Wildman–Crippen LogP) is 5.98. The Morgan fingerprint density at radius 1 is 1.19 bits per heavy atom. The molecule has 1 N–H and O–H groups in total. The number of rotatable bonds is 5. The quantitative estimate of drug-likeness (QED) is 0.369. The van der Waals surface area contributed by atoms with Crippen LogP contribution in [0.3, 0.4) is 0 Å². The molecule has 4 rings (SSSR count). The number of carbonyl (C=O) groups excluding carboxylic acids is 2. The maximum absolute atomic E-state index is 12.4. The van der Waals surface area contributed by atoms with Gasteiger partial charge in [0, 0.05) is 16.7 Å². The third kappa shape index (κ3) is 4.79. The Kier molecular flexibility index (Phi) is 6.48. The summed E-state index contributed by atoms with van der Waals surface area (Å²) in [4.78, 5) is 29.1. The van der Waals surface area contributed by atoms with Crippen LogP contribution in [-0.2, 0) is 9.53 Å². The number of nitrogens with one attached hydrogen (secondary N) is 1. The number of benzene rings is 2. The molecule has 1 aliphatic rings. The van der Waals surface area contributed by atoms with Gasteiger partial charge in [0.25, 0.3) is 5.91 Å². The molecule has 0 aliphatic carbocycles. The minimum absolute atomic E-state index is 0.245. The number of halogens is 1. The smallest absolute Gasteiger partial charge is 0.338 e. The van der Waals surface area contributed by atoms with Gasteiger partial charge in [0.2, 0.25) is 0 Å². The van der Waals surface area contributed by atoms with Gasteiger partial charge in [-0.15, -0.1) is 0 Å². The van der Waals surface area contributed by atoms with Gasteiger partial charge in [-0.05, 0) is 67.6 Å². The molecule has 3 aromatic rings. The van der Waals surface area contributed by atoms with Crippen LogP contribution in [0.5, 0.6) is 0 Å². The van der Waals surface area contributed by atoms with Crippen molar-refractivity contribution in [1.29, 1.82) is 0 Å². The van der Waals surface area contributed by atoms with E-state index >= 15 is 0 Å². The number of nitrogens with zero attached hydrogens (tertiary/aromatic N) is 1. The SMILES string of the molecule is CCOC(=O)c1ccc(-c2ccc(/C=C3/SC(=Nc4cccc(Cl)c4C)NC3=O)o2)cc1. The Bertz CT molecular complexity index is 1250. The zero-order valence-corrected chi connectivity index (χ0v) is 18.9. The van der Waals surface area contributed by atoms with E-state index in [0.29, 0.717) is 44.5 Å². The van der Waals surface area contributed by atoms with Crippen LogP contribution >= 0.6 is 23.4 Å². The second-order valence-corrected chi connectivity index (χ2v) is 8.30. The molecule has 0 saturated carbocycles. The average Bonchev–Trinajstić information content (AvgIpc) is 3.38. The highest BCUT2D eigenvalue weighted by atomic mass is 35.5. The molecule has 6 nitrogen and oxygen atoms in total. The number of hydrogen-bond donors (Lipinski definition) is 1. The average molecular weight is 467 g/mol. The first-order chi connectivity index (χ1) is 15.4. The van der Waals surface area contributed by atoms with E-state index in [4.69, 9.17) is 20.8 Å². The summed E-state index contributed by atoms with van der Waals surface area (Å²) in [6.07, 6.45) is 1.67. The molecule has 0 bridgehead atoms. The Labute approximate surface area is 194 Å². The first kappa shape index (κ1) is 21.9. The number of aliphatic imine (C=N–C) groups is 1. The van der Waals surface area contributed by atoms with E-state index in [2.05, 4.69) is 10.3 Å². The minimum Gasteiger partial charge on any atom is -0.462 e. The van der Waals surface area contributed by atoms with Gasteiger partial charge in [-0.2, -0.15) is 0 Å². The summed E-state index contributed by atoms with van der Waals surface area (Å²) in [6.45, 7) is 3.97. The van der Waals surface area contributed by atoms with Gasteiger partial charge in [-0.1, -0.05) is 29.8 Å². The van der Waals surface area contributed by atoms with Crippen molar-refractivity contribution in [2.24, 2.45) is 4.99 Å². The van der Waals surface area contributed by atoms with Crippen LogP contribution in [0.15, 0.2) is 68.9 Å². The van der Waals surface area contributed by atoms with E-state index in [-0.39, 0.29) is 11.9 Å². The van der Waals surface area contributed by atoms with Gasteiger partial charge in [0.1, 0.15) is 11.5 Å². The van der Waals surface area contributed by atoms with E-state index in [1.54, 1.807) is 49.4 Å². The van der Waals surface area contributed by atoms with Crippen LogP contribution in [0.1, 0.15) is 28.6 Å². The summed E-state index contributed by atoms with van der Waals surface area (Å²) in [5.74, 6) is 0.551. The molecule has 1 amide bonds. The van der Waals surface area contributed by atoms with Crippen molar-refractivity contribution in [2.75, 3.05) is 6.61 Å². The number of thioether (sulfide) groups is 1. The number of esters is 1.